The van der Waals surface area contributed by atoms with Crippen LogP contribution in [0.1, 0.15) is 69.6 Å². The van der Waals surface area contributed by atoms with Gasteiger partial charge in [-0.3, -0.25) is 0 Å². The average Bonchev–Trinajstić information content (AvgIpc) is 2.98. The van der Waals surface area contributed by atoms with Crippen molar-refractivity contribution in [1.82, 2.24) is 9.88 Å². The normalized spacial score (nSPS) is 14.2. The molecule has 7 nitrogen and oxygen atoms in total. The number of aromatic carboxylic acids is 1. The Kier molecular flexibility index (Phi) is 8.02. The van der Waals surface area contributed by atoms with E-state index in [9.17, 15) is 9.59 Å². The Balaban J connectivity index is 2.99. The van der Waals surface area contributed by atoms with E-state index in [0.29, 0.717) is 18.0 Å². The van der Waals surface area contributed by atoms with Gasteiger partial charge >= 0.3 is 12.1 Å². The van der Waals surface area contributed by atoms with Gasteiger partial charge in [0.15, 0.2) is 5.69 Å². The molecule has 0 aliphatic heterocycles. The SMILES string of the molecule is CCO[C@H](C[C@@H](C(C)C)N(C)C(=O)OC(C)(C)C)c1nc(C(=O)O)cs1. The summed E-state index contributed by atoms with van der Waals surface area (Å²) in [6.45, 7) is 11.9. The Bertz CT molecular complexity index is 609. The molecule has 1 N–H and O–H groups in total. The summed E-state index contributed by atoms with van der Waals surface area (Å²) >= 11 is 1.26. The summed E-state index contributed by atoms with van der Waals surface area (Å²) in [5.41, 5.74) is -0.561. The van der Waals surface area contributed by atoms with Crippen LogP contribution in [-0.4, -0.2) is 52.4 Å². The highest BCUT2D eigenvalue weighted by atomic mass is 32.1. The lowest BCUT2D eigenvalue weighted by Gasteiger charge is -2.34. The number of thiazole rings is 1. The van der Waals surface area contributed by atoms with Crippen molar-refractivity contribution in [3.8, 4) is 0 Å². The fourth-order valence-electron chi connectivity index (χ4n) is 2.54. The second-order valence-corrected chi connectivity index (χ2v) is 8.35. The van der Waals surface area contributed by atoms with E-state index in [2.05, 4.69) is 4.98 Å². The van der Waals surface area contributed by atoms with E-state index >= 15 is 0 Å². The van der Waals surface area contributed by atoms with E-state index in [1.54, 1.807) is 11.9 Å². The van der Waals surface area contributed by atoms with Crippen LogP contribution >= 0.6 is 11.3 Å². The second kappa shape index (κ2) is 9.32. The zero-order valence-corrected chi connectivity index (χ0v) is 17.4. The predicted octanol–water partition coefficient (Wildman–Crippen LogP) is 4.20. The predicted molar refractivity (Wildman–Crippen MR) is 101 cm³/mol. The van der Waals surface area contributed by atoms with Crippen LogP contribution in [0.3, 0.4) is 0 Å². The lowest BCUT2D eigenvalue weighted by molar-refractivity contribution is -0.000894. The van der Waals surface area contributed by atoms with Crippen LogP contribution < -0.4 is 0 Å². The lowest BCUT2D eigenvalue weighted by Crippen LogP contribution is -2.44. The average molecular weight is 387 g/mol. The molecule has 148 valence electrons. The van der Waals surface area contributed by atoms with Gasteiger partial charge in [-0.15, -0.1) is 11.3 Å². The standard InChI is InChI=1S/C18H30N2O5S/c1-8-24-14(15-19-12(10-26-15)16(21)22)9-13(11(2)3)20(7)17(23)25-18(4,5)6/h10-11,13-14H,8-9H2,1-7H3,(H,21,22)/t13-,14+/m0/s1. The number of ether oxygens (including phenoxy) is 2. The molecule has 1 rings (SSSR count). The summed E-state index contributed by atoms with van der Waals surface area (Å²) in [5, 5.41) is 11.2. The molecule has 0 bridgehead atoms. The lowest BCUT2D eigenvalue weighted by atomic mass is 9.96. The summed E-state index contributed by atoms with van der Waals surface area (Å²) in [6.07, 6.45) is -0.263. The zero-order chi connectivity index (χ0) is 20.1. The van der Waals surface area contributed by atoms with E-state index in [1.165, 1.54) is 16.7 Å². The Hall–Kier alpha value is -1.67. The molecular formula is C18H30N2O5S. The molecule has 1 aromatic heterocycles. The highest BCUT2D eigenvalue weighted by Crippen LogP contribution is 2.30. The summed E-state index contributed by atoms with van der Waals surface area (Å²) in [7, 11) is 1.71. The van der Waals surface area contributed by atoms with Gasteiger partial charge in [-0.05, 0) is 33.6 Å². The first-order valence-corrected chi connectivity index (χ1v) is 9.60. The maximum absolute atomic E-state index is 12.4. The molecule has 0 unspecified atom stereocenters. The second-order valence-electron chi connectivity index (χ2n) is 7.46. The highest BCUT2D eigenvalue weighted by molar-refractivity contribution is 7.09. The van der Waals surface area contributed by atoms with Crippen LogP contribution in [0.2, 0.25) is 0 Å². The summed E-state index contributed by atoms with van der Waals surface area (Å²) < 4.78 is 11.3. The van der Waals surface area contributed by atoms with Crippen LogP contribution in [0.15, 0.2) is 5.38 Å². The minimum atomic E-state index is -1.06. The van der Waals surface area contributed by atoms with E-state index in [4.69, 9.17) is 14.6 Å². The van der Waals surface area contributed by atoms with Gasteiger partial charge in [-0.25, -0.2) is 14.6 Å². The molecular weight excluding hydrogens is 356 g/mol. The van der Waals surface area contributed by atoms with Crippen LogP contribution in [0.5, 0.6) is 0 Å². The van der Waals surface area contributed by atoms with Crippen molar-refractivity contribution >= 4 is 23.4 Å². The fourth-order valence-corrected chi connectivity index (χ4v) is 3.39. The molecule has 0 fully saturated rings. The van der Waals surface area contributed by atoms with Crippen molar-refractivity contribution in [3.63, 3.8) is 0 Å². The highest BCUT2D eigenvalue weighted by Gasteiger charge is 2.31. The molecule has 0 saturated carbocycles. The Morgan fingerprint density at radius 3 is 2.38 bits per heavy atom. The monoisotopic (exact) mass is 386 g/mol. The minimum absolute atomic E-state index is 0.0105. The molecule has 1 heterocycles. The number of rotatable bonds is 8. The van der Waals surface area contributed by atoms with E-state index in [-0.39, 0.29) is 23.8 Å². The molecule has 1 aromatic rings. The smallest absolute Gasteiger partial charge is 0.410 e. The molecule has 0 radical (unpaired) electrons. The number of aromatic nitrogens is 1. The van der Waals surface area contributed by atoms with Crippen molar-refractivity contribution < 1.29 is 24.2 Å². The Morgan fingerprint density at radius 2 is 1.96 bits per heavy atom. The van der Waals surface area contributed by atoms with Crippen molar-refractivity contribution in [2.45, 2.75) is 65.7 Å². The van der Waals surface area contributed by atoms with Crippen LogP contribution in [0, 0.1) is 5.92 Å². The number of nitrogens with zero attached hydrogens (tertiary/aromatic N) is 2. The molecule has 0 aliphatic carbocycles. The van der Waals surface area contributed by atoms with E-state index < -0.39 is 17.7 Å². The number of carbonyl (C=O) groups is 2. The van der Waals surface area contributed by atoms with Gasteiger partial charge in [-0.1, -0.05) is 13.8 Å². The topological polar surface area (TPSA) is 89.0 Å². The number of carbonyl (C=O) groups excluding carboxylic acids is 1. The maximum atomic E-state index is 12.4. The van der Waals surface area contributed by atoms with Crippen LogP contribution in [0.25, 0.3) is 0 Å². The first-order valence-electron chi connectivity index (χ1n) is 8.72. The summed E-state index contributed by atoms with van der Waals surface area (Å²) in [6, 6.07) is -0.140. The number of carboxylic acids is 1. The molecule has 0 saturated heterocycles. The zero-order valence-electron chi connectivity index (χ0n) is 16.6. The van der Waals surface area contributed by atoms with Gasteiger partial charge in [0.1, 0.15) is 16.7 Å². The van der Waals surface area contributed by atoms with E-state index in [0.717, 1.165) is 0 Å². The molecule has 26 heavy (non-hydrogen) atoms. The van der Waals surface area contributed by atoms with Gasteiger partial charge in [0.05, 0.1) is 0 Å². The third kappa shape index (κ3) is 6.57. The van der Waals surface area contributed by atoms with Gasteiger partial charge in [0.2, 0.25) is 0 Å². The Morgan fingerprint density at radius 1 is 1.35 bits per heavy atom. The minimum Gasteiger partial charge on any atom is -0.476 e. The van der Waals surface area contributed by atoms with Crippen molar-refractivity contribution in [2.75, 3.05) is 13.7 Å². The fraction of sp³-hybridized carbons (Fsp3) is 0.722. The van der Waals surface area contributed by atoms with Crippen molar-refractivity contribution in [1.29, 1.82) is 0 Å². The van der Waals surface area contributed by atoms with Gasteiger partial charge in [0.25, 0.3) is 0 Å². The first-order chi connectivity index (χ1) is 12.0. The van der Waals surface area contributed by atoms with Gasteiger partial charge in [-0.2, -0.15) is 0 Å². The molecule has 2 atom stereocenters. The quantitative estimate of drug-likeness (QED) is 0.720. The Labute approximate surface area is 159 Å². The third-order valence-corrected chi connectivity index (χ3v) is 4.73. The molecule has 0 aliphatic rings. The number of carboxylic acid groups (broad SMARTS) is 1. The first kappa shape index (κ1) is 22.4. The largest absolute Gasteiger partial charge is 0.476 e. The summed E-state index contributed by atoms with van der Waals surface area (Å²) in [4.78, 5) is 29.3. The third-order valence-electron chi connectivity index (χ3n) is 3.79. The van der Waals surface area contributed by atoms with Gasteiger partial charge < -0.3 is 19.5 Å². The summed E-state index contributed by atoms with van der Waals surface area (Å²) in [5.74, 6) is -0.900. The van der Waals surface area contributed by atoms with Crippen LogP contribution in [-0.2, 0) is 9.47 Å². The van der Waals surface area contributed by atoms with Gasteiger partial charge in [0, 0.05) is 31.5 Å². The molecule has 1 amide bonds. The molecule has 0 aromatic carbocycles. The van der Waals surface area contributed by atoms with E-state index in [1.807, 2.05) is 41.5 Å². The maximum Gasteiger partial charge on any atom is 0.410 e. The van der Waals surface area contributed by atoms with Crippen LogP contribution in [0.4, 0.5) is 4.79 Å². The number of hydrogen-bond acceptors (Lipinski definition) is 6. The number of amides is 1. The van der Waals surface area contributed by atoms with Crippen molar-refractivity contribution in [2.24, 2.45) is 5.92 Å². The molecule has 0 spiro atoms. The molecule has 8 heteroatoms. The number of hydrogen-bond donors (Lipinski definition) is 1. The van der Waals surface area contributed by atoms with Crippen molar-refractivity contribution in [3.05, 3.63) is 16.1 Å².